The lowest BCUT2D eigenvalue weighted by molar-refractivity contribution is -0.0498. The SMILES string of the molecule is O=C(Nc1cc(S(=O)(=O)N2CCOCC2)ccc1O)c1cccc(OC(F)F)c1. The maximum Gasteiger partial charge on any atom is 0.387 e. The van der Waals surface area contributed by atoms with E-state index in [1.807, 2.05) is 0 Å². The predicted octanol–water partition coefficient (Wildman–Crippen LogP) is 2.27. The van der Waals surface area contributed by atoms with E-state index in [1.54, 1.807) is 0 Å². The van der Waals surface area contributed by atoms with Crippen molar-refractivity contribution in [2.45, 2.75) is 11.5 Å². The molecule has 156 valence electrons. The molecule has 1 saturated heterocycles. The van der Waals surface area contributed by atoms with Crippen LogP contribution in [0, 0.1) is 0 Å². The van der Waals surface area contributed by atoms with Crippen LogP contribution in [0.4, 0.5) is 14.5 Å². The van der Waals surface area contributed by atoms with Gasteiger partial charge < -0.3 is 19.9 Å². The number of sulfonamides is 1. The number of carbonyl (C=O) groups excluding carboxylic acids is 1. The van der Waals surface area contributed by atoms with E-state index < -0.39 is 22.5 Å². The zero-order valence-electron chi connectivity index (χ0n) is 15.0. The van der Waals surface area contributed by atoms with Crippen LogP contribution in [0.25, 0.3) is 0 Å². The quantitative estimate of drug-likeness (QED) is 0.684. The predicted molar refractivity (Wildman–Crippen MR) is 98.7 cm³/mol. The molecule has 8 nitrogen and oxygen atoms in total. The van der Waals surface area contributed by atoms with Gasteiger partial charge in [0.15, 0.2) is 0 Å². The fourth-order valence-corrected chi connectivity index (χ4v) is 4.15. The Hall–Kier alpha value is -2.76. The van der Waals surface area contributed by atoms with Crippen LogP contribution >= 0.6 is 0 Å². The van der Waals surface area contributed by atoms with E-state index in [-0.39, 0.29) is 53.9 Å². The monoisotopic (exact) mass is 428 g/mol. The van der Waals surface area contributed by atoms with E-state index in [9.17, 15) is 27.1 Å². The topological polar surface area (TPSA) is 105 Å². The molecule has 1 fully saturated rings. The van der Waals surface area contributed by atoms with Gasteiger partial charge in [-0.1, -0.05) is 6.07 Å². The Kier molecular flexibility index (Phi) is 6.30. The molecule has 1 amide bonds. The summed E-state index contributed by atoms with van der Waals surface area (Å²) in [5.41, 5.74) is -0.145. The van der Waals surface area contributed by atoms with Gasteiger partial charge in [-0.25, -0.2) is 8.42 Å². The number of carbonyl (C=O) groups is 1. The summed E-state index contributed by atoms with van der Waals surface area (Å²) in [4.78, 5) is 12.3. The molecule has 2 N–H and O–H groups in total. The molecule has 1 aliphatic rings. The van der Waals surface area contributed by atoms with Crippen molar-refractivity contribution < 1.29 is 36.6 Å². The second kappa shape index (κ2) is 8.72. The second-order valence-electron chi connectivity index (χ2n) is 6.06. The number of alkyl halides is 2. The summed E-state index contributed by atoms with van der Waals surface area (Å²) in [6.45, 7) is -2.10. The van der Waals surface area contributed by atoms with Crippen molar-refractivity contribution in [2.24, 2.45) is 0 Å². The summed E-state index contributed by atoms with van der Waals surface area (Å²) >= 11 is 0. The second-order valence-corrected chi connectivity index (χ2v) is 7.99. The smallest absolute Gasteiger partial charge is 0.387 e. The molecule has 2 aromatic rings. The number of nitrogens with zero attached hydrogens (tertiary/aromatic N) is 1. The first-order valence-electron chi connectivity index (χ1n) is 8.54. The summed E-state index contributed by atoms with van der Waals surface area (Å²) in [5, 5.41) is 12.4. The van der Waals surface area contributed by atoms with Gasteiger partial charge in [0, 0.05) is 18.7 Å². The van der Waals surface area contributed by atoms with Crippen LogP contribution in [-0.4, -0.2) is 56.7 Å². The molecular weight excluding hydrogens is 410 g/mol. The Morgan fingerprint density at radius 1 is 1.17 bits per heavy atom. The molecule has 0 unspecified atom stereocenters. The van der Waals surface area contributed by atoms with Crippen molar-refractivity contribution in [1.82, 2.24) is 4.31 Å². The highest BCUT2D eigenvalue weighted by Crippen LogP contribution is 2.29. The number of anilines is 1. The van der Waals surface area contributed by atoms with Gasteiger partial charge in [-0.2, -0.15) is 13.1 Å². The number of nitrogens with one attached hydrogen (secondary N) is 1. The Labute approximate surface area is 165 Å². The van der Waals surface area contributed by atoms with E-state index in [1.165, 1.54) is 28.6 Å². The molecule has 29 heavy (non-hydrogen) atoms. The highest BCUT2D eigenvalue weighted by molar-refractivity contribution is 7.89. The van der Waals surface area contributed by atoms with E-state index in [2.05, 4.69) is 10.1 Å². The highest BCUT2D eigenvalue weighted by Gasteiger charge is 2.27. The number of halogens is 2. The van der Waals surface area contributed by atoms with Crippen molar-refractivity contribution in [2.75, 3.05) is 31.6 Å². The van der Waals surface area contributed by atoms with Crippen LogP contribution < -0.4 is 10.1 Å². The number of hydrogen-bond acceptors (Lipinski definition) is 6. The molecule has 0 atom stereocenters. The lowest BCUT2D eigenvalue weighted by Crippen LogP contribution is -2.40. The fourth-order valence-electron chi connectivity index (χ4n) is 2.72. The highest BCUT2D eigenvalue weighted by atomic mass is 32.2. The van der Waals surface area contributed by atoms with Crippen LogP contribution in [-0.2, 0) is 14.8 Å². The fraction of sp³-hybridized carbons (Fsp3) is 0.278. The average Bonchev–Trinajstić information content (AvgIpc) is 2.70. The first-order valence-corrected chi connectivity index (χ1v) is 9.98. The van der Waals surface area contributed by atoms with E-state index >= 15 is 0 Å². The molecular formula is C18H18F2N2O6S. The third-order valence-electron chi connectivity index (χ3n) is 4.15. The summed E-state index contributed by atoms with van der Waals surface area (Å²) < 4.78 is 60.8. The van der Waals surface area contributed by atoms with Crippen LogP contribution in [0.5, 0.6) is 11.5 Å². The van der Waals surface area contributed by atoms with Gasteiger partial charge >= 0.3 is 6.61 Å². The minimum atomic E-state index is -3.83. The molecule has 1 aliphatic heterocycles. The maximum absolute atomic E-state index is 12.7. The van der Waals surface area contributed by atoms with E-state index in [0.29, 0.717) is 0 Å². The van der Waals surface area contributed by atoms with Crippen molar-refractivity contribution in [3.63, 3.8) is 0 Å². The number of benzene rings is 2. The molecule has 0 aliphatic carbocycles. The van der Waals surface area contributed by atoms with Crippen LogP contribution in [0.2, 0.25) is 0 Å². The Morgan fingerprint density at radius 2 is 1.90 bits per heavy atom. The standard InChI is InChI=1S/C18H18F2N2O6S/c19-18(20)28-13-3-1-2-12(10-13)17(24)21-15-11-14(4-5-16(15)23)29(25,26)22-6-8-27-9-7-22/h1-5,10-11,18,23H,6-9H2,(H,21,24). The molecule has 0 radical (unpaired) electrons. The summed E-state index contributed by atoms with van der Waals surface area (Å²) in [6.07, 6.45) is 0. The van der Waals surface area contributed by atoms with Crippen molar-refractivity contribution in [3.05, 3.63) is 48.0 Å². The number of rotatable bonds is 6. The number of phenols is 1. The summed E-state index contributed by atoms with van der Waals surface area (Å²) in [6, 6.07) is 8.59. The largest absolute Gasteiger partial charge is 0.506 e. The lowest BCUT2D eigenvalue weighted by atomic mass is 10.2. The molecule has 0 bridgehead atoms. The normalized spacial score (nSPS) is 15.3. The molecule has 0 spiro atoms. The number of hydrogen-bond donors (Lipinski definition) is 2. The first-order chi connectivity index (χ1) is 13.8. The summed E-state index contributed by atoms with van der Waals surface area (Å²) in [7, 11) is -3.83. The molecule has 1 heterocycles. The Balaban J connectivity index is 1.82. The van der Waals surface area contributed by atoms with Gasteiger partial charge in [0.25, 0.3) is 5.91 Å². The molecule has 0 aromatic heterocycles. The minimum absolute atomic E-state index is 0.0102. The number of amides is 1. The Morgan fingerprint density at radius 3 is 2.59 bits per heavy atom. The third kappa shape index (κ3) is 5.00. The molecule has 3 rings (SSSR count). The van der Waals surface area contributed by atoms with Crippen molar-refractivity contribution in [3.8, 4) is 11.5 Å². The van der Waals surface area contributed by atoms with E-state index in [0.717, 1.165) is 18.2 Å². The Bertz CT molecular complexity index is 994. The van der Waals surface area contributed by atoms with Crippen LogP contribution in [0.15, 0.2) is 47.4 Å². The zero-order valence-corrected chi connectivity index (χ0v) is 15.9. The molecule has 0 saturated carbocycles. The van der Waals surface area contributed by atoms with Crippen LogP contribution in [0.1, 0.15) is 10.4 Å². The number of morpholine rings is 1. The third-order valence-corrected chi connectivity index (χ3v) is 6.04. The van der Waals surface area contributed by atoms with Gasteiger partial charge in [0.2, 0.25) is 10.0 Å². The minimum Gasteiger partial charge on any atom is -0.506 e. The first kappa shape index (κ1) is 21.0. The van der Waals surface area contributed by atoms with Gasteiger partial charge in [0.1, 0.15) is 11.5 Å². The zero-order chi connectivity index (χ0) is 21.0. The van der Waals surface area contributed by atoms with Crippen molar-refractivity contribution in [1.29, 1.82) is 0 Å². The van der Waals surface area contributed by atoms with Gasteiger partial charge in [-0.3, -0.25) is 4.79 Å². The van der Waals surface area contributed by atoms with Crippen molar-refractivity contribution >= 4 is 21.6 Å². The van der Waals surface area contributed by atoms with E-state index in [4.69, 9.17) is 4.74 Å². The van der Waals surface area contributed by atoms with Crippen LogP contribution in [0.3, 0.4) is 0 Å². The van der Waals surface area contributed by atoms with Gasteiger partial charge in [-0.15, -0.1) is 0 Å². The maximum atomic E-state index is 12.7. The molecule has 2 aromatic carbocycles. The number of aromatic hydroxyl groups is 1. The number of ether oxygens (including phenoxy) is 2. The van der Waals surface area contributed by atoms with Gasteiger partial charge in [0.05, 0.1) is 23.8 Å². The molecule has 11 heteroatoms. The van der Waals surface area contributed by atoms with Gasteiger partial charge in [-0.05, 0) is 36.4 Å². The summed E-state index contributed by atoms with van der Waals surface area (Å²) in [5.74, 6) is -1.29. The number of phenolic OH excluding ortho intramolecular Hbond substituents is 1. The average molecular weight is 428 g/mol. The lowest BCUT2D eigenvalue weighted by Gasteiger charge is -2.26.